The maximum Gasteiger partial charge on any atom is 0.0231 e. The molecule has 0 fully saturated rings. The van der Waals surface area contributed by atoms with Crippen molar-refractivity contribution in [2.45, 2.75) is 10.6 Å². The first-order valence-corrected chi connectivity index (χ1v) is 10.5. The zero-order chi connectivity index (χ0) is 19.0. The van der Waals surface area contributed by atoms with E-state index in [1.54, 1.807) is 0 Å². The van der Waals surface area contributed by atoms with E-state index < -0.39 is 0 Å². The summed E-state index contributed by atoms with van der Waals surface area (Å²) in [5, 5.41) is 0. The van der Waals surface area contributed by atoms with Crippen molar-refractivity contribution in [2.24, 2.45) is 0 Å². The molecule has 136 valence electrons. The highest BCUT2D eigenvalue weighted by Crippen LogP contribution is 2.28. The lowest BCUT2D eigenvalue weighted by Crippen LogP contribution is -1.88. The molecule has 0 bridgehead atoms. The second-order valence-electron chi connectivity index (χ2n) is 6.63. The zero-order valence-electron chi connectivity index (χ0n) is 15.7. The molecule has 0 atom stereocenters. The Kier molecular flexibility index (Phi) is 6.06. The van der Waals surface area contributed by atoms with E-state index in [0.717, 1.165) is 5.75 Å². The Hall–Kier alpha value is -3.03. The van der Waals surface area contributed by atoms with Gasteiger partial charge in [0, 0.05) is 10.6 Å². The average Bonchev–Trinajstić information content (AvgIpc) is 2.79. The third kappa shape index (κ3) is 4.82. The van der Waals surface area contributed by atoms with Crippen LogP contribution in [0.1, 0.15) is 22.3 Å². The van der Waals surface area contributed by atoms with Crippen molar-refractivity contribution in [1.29, 1.82) is 0 Å². The second-order valence-corrected chi connectivity index (χ2v) is 7.68. The molecule has 0 unspecified atom stereocenters. The summed E-state index contributed by atoms with van der Waals surface area (Å²) in [5.74, 6) is 0.995. The highest BCUT2D eigenvalue weighted by atomic mass is 32.2. The predicted octanol–water partition coefficient (Wildman–Crippen LogP) is 7.57. The molecule has 0 amide bonds. The predicted molar refractivity (Wildman–Crippen MR) is 122 cm³/mol. The summed E-state index contributed by atoms with van der Waals surface area (Å²) in [6.07, 6.45) is 2.27. The molecule has 0 spiro atoms. The van der Waals surface area contributed by atoms with Gasteiger partial charge in [0.2, 0.25) is 0 Å². The van der Waals surface area contributed by atoms with Gasteiger partial charge in [-0.2, -0.15) is 0 Å². The Balaban J connectivity index is 1.57. The van der Waals surface area contributed by atoms with Gasteiger partial charge in [-0.15, -0.1) is 11.8 Å². The number of benzene rings is 4. The minimum atomic E-state index is 0.995. The lowest BCUT2D eigenvalue weighted by Gasteiger charge is -2.09. The Labute approximate surface area is 171 Å². The number of rotatable bonds is 6. The van der Waals surface area contributed by atoms with Crippen molar-refractivity contribution in [3.05, 3.63) is 138 Å². The molecule has 0 N–H and O–H groups in total. The third-order valence-electron chi connectivity index (χ3n) is 4.61. The molecule has 0 heterocycles. The highest BCUT2D eigenvalue weighted by molar-refractivity contribution is 7.98. The van der Waals surface area contributed by atoms with Gasteiger partial charge in [0.05, 0.1) is 0 Å². The van der Waals surface area contributed by atoms with Gasteiger partial charge in [-0.05, 0) is 46.0 Å². The second kappa shape index (κ2) is 9.25. The lowest BCUT2D eigenvalue weighted by atomic mass is 9.96. The maximum absolute atomic E-state index is 2.27. The Morgan fingerprint density at radius 1 is 0.571 bits per heavy atom. The summed E-state index contributed by atoms with van der Waals surface area (Å²) in [6, 6.07) is 40.6. The van der Waals surface area contributed by atoms with Crippen LogP contribution in [0.2, 0.25) is 0 Å². The van der Waals surface area contributed by atoms with Crippen LogP contribution in [0.3, 0.4) is 0 Å². The summed E-state index contributed by atoms with van der Waals surface area (Å²) < 4.78 is 0. The highest BCUT2D eigenvalue weighted by Gasteiger charge is 2.05. The van der Waals surface area contributed by atoms with Crippen LogP contribution in [0.25, 0.3) is 11.6 Å². The lowest BCUT2D eigenvalue weighted by molar-refractivity contribution is 1.38. The molecule has 4 aromatic rings. The molecule has 1 heteroatoms. The Bertz CT molecular complexity index is 976. The fourth-order valence-electron chi connectivity index (χ4n) is 3.14. The molecule has 0 nitrogen and oxygen atoms in total. The van der Waals surface area contributed by atoms with Crippen molar-refractivity contribution < 1.29 is 0 Å². The molecule has 28 heavy (non-hydrogen) atoms. The molecule has 0 aliphatic carbocycles. The van der Waals surface area contributed by atoms with E-state index in [0.29, 0.717) is 0 Å². The van der Waals surface area contributed by atoms with Crippen molar-refractivity contribution >= 4 is 23.4 Å². The fourth-order valence-corrected chi connectivity index (χ4v) is 3.99. The normalized spacial score (nSPS) is 10.4. The van der Waals surface area contributed by atoms with Crippen LogP contribution in [0.5, 0.6) is 0 Å². The van der Waals surface area contributed by atoms with E-state index in [1.807, 2.05) is 11.8 Å². The minimum Gasteiger partial charge on any atom is -0.121 e. The molecular weight excluding hydrogens is 356 g/mol. The van der Waals surface area contributed by atoms with Gasteiger partial charge < -0.3 is 0 Å². The van der Waals surface area contributed by atoms with Crippen LogP contribution in [0.15, 0.2) is 120 Å². The summed E-state index contributed by atoms with van der Waals surface area (Å²) in [6.45, 7) is 0. The SMILES string of the molecule is C(=C(c1ccccc1)c1ccccc1)c1ccc(SCc2ccccc2)cc1. The molecule has 0 aliphatic rings. The first-order valence-electron chi connectivity index (χ1n) is 9.48. The van der Waals surface area contributed by atoms with E-state index in [-0.39, 0.29) is 0 Å². The van der Waals surface area contributed by atoms with Crippen molar-refractivity contribution in [1.82, 2.24) is 0 Å². The van der Waals surface area contributed by atoms with E-state index in [1.165, 1.54) is 32.7 Å². The fraction of sp³-hybridized carbons (Fsp3) is 0.0370. The Morgan fingerprint density at radius 2 is 1.07 bits per heavy atom. The van der Waals surface area contributed by atoms with Crippen LogP contribution in [-0.2, 0) is 5.75 Å². The van der Waals surface area contributed by atoms with E-state index in [4.69, 9.17) is 0 Å². The maximum atomic E-state index is 2.27. The van der Waals surface area contributed by atoms with Crippen LogP contribution < -0.4 is 0 Å². The summed E-state index contributed by atoms with van der Waals surface area (Å²) in [7, 11) is 0. The van der Waals surface area contributed by atoms with Gasteiger partial charge in [-0.3, -0.25) is 0 Å². The monoisotopic (exact) mass is 378 g/mol. The quantitative estimate of drug-likeness (QED) is 0.246. The van der Waals surface area contributed by atoms with E-state index >= 15 is 0 Å². The van der Waals surface area contributed by atoms with Crippen LogP contribution in [0, 0.1) is 0 Å². The third-order valence-corrected chi connectivity index (χ3v) is 5.69. The van der Waals surface area contributed by atoms with Gasteiger partial charge in [0.15, 0.2) is 0 Å². The van der Waals surface area contributed by atoms with E-state index in [9.17, 15) is 0 Å². The molecule has 4 aromatic carbocycles. The zero-order valence-corrected chi connectivity index (χ0v) is 16.5. The van der Waals surface area contributed by atoms with Crippen LogP contribution >= 0.6 is 11.8 Å². The standard InChI is InChI=1S/C27H22S/c1-4-10-23(11-5-1)21-28-26-18-16-22(17-19-26)20-27(24-12-6-2-7-13-24)25-14-8-3-9-15-25/h1-20H,21H2. The van der Waals surface area contributed by atoms with Gasteiger partial charge >= 0.3 is 0 Å². The molecule has 0 saturated heterocycles. The van der Waals surface area contributed by atoms with Gasteiger partial charge in [0.1, 0.15) is 0 Å². The molecule has 0 aromatic heterocycles. The largest absolute Gasteiger partial charge is 0.121 e. The minimum absolute atomic E-state index is 0.995. The summed E-state index contributed by atoms with van der Waals surface area (Å²) in [5.41, 5.74) is 6.28. The first kappa shape index (κ1) is 18.3. The van der Waals surface area contributed by atoms with Crippen molar-refractivity contribution in [2.75, 3.05) is 0 Å². The smallest absolute Gasteiger partial charge is 0.0231 e. The van der Waals surface area contributed by atoms with Crippen molar-refractivity contribution in [3.8, 4) is 0 Å². The molecule has 4 rings (SSSR count). The van der Waals surface area contributed by atoms with Crippen LogP contribution in [-0.4, -0.2) is 0 Å². The molecule has 0 saturated carbocycles. The number of hydrogen-bond acceptors (Lipinski definition) is 1. The summed E-state index contributed by atoms with van der Waals surface area (Å²) in [4.78, 5) is 1.29. The van der Waals surface area contributed by atoms with Gasteiger partial charge in [-0.25, -0.2) is 0 Å². The van der Waals surface area contributed by atoms with Gasteiger partial charge in [0.25, 0.3) is 0 Å². The topological polar surface area (TPSA) is 0 Å². The molecule has 0 aliphatic heterocycles. The number of thioether (sulfide) groups is 1. The first-order chi connectivity index (χ1) is 13.9. The van der Waals surface area contributed by atoms with E-state index in [2.05, 4.69) is 121 Å². The van der Waals surface area contributed by atoms with Gasteiger partial charge in [-0.1, -0.05) is 103 Å². The molecule has 0 radical (unpaired) electrons. The van der Waals surface area contributed by atoms with Crippen molar-refractivity contribution in [3.63, 3.8) is 0 Å². The Morgan fingerprint density at radius 3 is 1.61 bits per heavy atom. The molecular formula is C27H22S. The number of hydrogen-bond donors (Lipinski definition) is 0. The van der Waals surface area contributed by atoms with Crippen LogP contribution in [0.4, 0.5) is 0 Å². The average molecular weight is 379 g/mol. The summed E-state index contributed by atoms with van der Waals surface area (Å²) >= 11 is 1.87.